The van der Waals surface area contributed by atoms with Gasteiger partial charge in [-0.15, -0.1) is 24.8 Å². The zero-order valence-electron chi connectivity index (χ0n) is 8.37. The molecule has 1 aliphatic rings. The minimum absolute atomic E-state index is 0. The highest BCUT2D eigenvalue weighted by atomic mass is 35.5. The van der Waals surface area contributed by atoms with Crippen molar-refractivity contribution in [1.29, 1.82) is 0 Å². The normalized spacial score (nSPS) is 18.9. The average molecular weight is 229 g/mol. The molecule has 0 aromatic carbocycles. The molecule has 0 unspecified atom stereocenters. The van der Waals surface area contributed by atoms with Crippen LogP contribution in [0, 0.1) is 5.92 Å². The lowest BCUT2D eigenvalue weighted by molar-refractivity contribution is 0.188. The predicted octanol–water partition coefficient (Wildman–Crippen LogP) is 1.91. The fourth-order valence-electron chi connectivity index (χ4n) is 1.83. The number of piperidine rings is 1. The number of likely N-dealkylation sites (tertiary alicyclic amines) is 1. The second-order valence-corrected chi connectivity index (χ2v) is 3.45. The first-order chi connectivity index (χ1) is 5.36. The van der Waals surface area contributed by atoms with Gasteiger partial charge in [0.2, 0.25) is 0 Å². The molecule has 1 heterocycles. The molecule has 0 bridgehead atoms. The van der Waals surface area contributed by atoms with Crippen molar-refractivity contribution in [1.82, 2.24) is 4.90 Å². The fourth-order valence-corrected chi connectivity index (χ4v) is 1.83. The van der Waals surface area contributed by atoms with Gasteiger partial charge in [0.25, 0.3) is 0 Å². The summed E-state index contributed by atoms with van der Waals surface area (Å²) in [5.41, 5.74) is 5.51. The summed E-state index contributed by atoms with van der Waals surface area (Å²) in [6, 6.07) is 0. The van der Waals surface area contributed by atoms with Crippen LogP contribution in [0.5, 0.6) is 0 Å². The van der Waals surface area contributed by atoms with Gasteiger partial charge in [-0.3, -0.25) is 0 Å². The highest BCUT2D eigenvalue weighted by Gasteiger charge is 2.16. The van der Waals surface area contributed by atoms with E-state index >= 15 is 0 Å². The number of nitrogens with zero attached hydrogens (tertiary/aromatic N) is 1. The minimum Gasteiger partial charge on any atom is -0.330 e. The van der Waals surface area contributed by atoms with Crippen LogP contribution in [0.15, 0.2) is 0 Å². The van der Waals surface area contributed by atoms with Crippen molar-refractivity contribution >= 4 is 24.8 Å². The summed E-state index contributed by atoms with van der Waals surface area (Å²) < 4.78 is 0. The smallest absolute Gasteiger partial charge is 0.00162 e. The monoisotopic (exact) mass is 228 g/mol. The summed E-state index contributed by atoms with van der Waals surface area (Å²) in [5, 5.41) is 0. The van der Waals surface area contributed by atoms with Crippen molar-refractivity contribution in [2.45, 2.75) is 26.2 Å². The molecular formula is C9H22Cl2N2. The van der Waals surface area contributed by atoms with E-state index in [-0.39, 0.29) is 24.8 Å². The van der Waals surface area contributed by atoms with Crippen LogP contribution in [0.2, 0.25) is 0 Å². The minimum atomic E-state index is 0. The van der Waals surface area contributed by atoms with Crippen molar-refractivity contribution in [3.05, 3.63) is 0 Å². The van der Waals surface area contributed by atoms with Crippen molar-refractivity contribution < 1.29 is 0 Å². The van der Waals surface area contributed by atoms with Gasteiger partial charge in [0, 0.05) is 0 Å². The Balaban J connectivity index is 0. The summed E-state index contributed by atoms with van der Waals surface area (Å²) in [4.78, 5) is 2.52. The SMILES string of the molecule is CCN1CCC(CCN)CC1.Cl.Cl. The van der Waals surface area contributed by atoms with Gasteiger partial charge in [-0.05, 0) is 51.4 Å². The van der Waals surface area contributed by atoms with Gasteiger partial charge in [0.1, 0.15) is 0 Å². The molecule has 0 aromatic rings. The first-order valence-electron chi connectivity index (χ1n) is 4.79. The molecule has 1 aliphatic heterocycles. The fraction of sp³-hybridized carbons (Fsp3) is 1.00. The molecule has 13 heavy (non-hydrogen) atoms. The molecule has 0 saturated carbocycles. The van der Waals surface area contributed by atoms with E-state index in [1.54, 1.807) is 0 Å². The van der Waals surface area contributed by atoms with Gasteiger partial charge >= 0.3 is 0 Å². The van der Waals surface area contributed by atoms with Crippen LogP contribution in [0.25, 0.3) is 0 Å². The lowest BCUT2D eigenvalue weighted by Crippen LogP contribution is -2.33. The van der Waals surface area contributed by atoms with Crippen molar-refractivity contribution in [2.24, 2.45) is 11.7 Å². The van der Waals surface area contributed by atoms with E-state index in [4.69, 9.17) is 5.73 Å². The van der Waals surface area contributed by atoms with Gasteiger partial charge < -0.3 is 10.6 Å². The van der Waals surface area contributed by atoms with Crippen molar-refractivity contribution in [2.75, 3.05) is 26.2 Å². The molecule has 0 aliphatic carbocycles. The van der Waals surface area contributed by atoms with Crippen LogP contribution in [0.4, 0.5) is 0 Å². The van der Waals surface area contributed by atoms with Crippen LogP contribution in [-0.4, -0.2) is 31.1 Å². The number of hydrogen-bond acceptors (Lipinski definition) is 2. The molecule has 82 valence electrons. The second-order valence-electron chi connectivity index (χ2n) is 3.45. The number of halogens is 2. The first-order valence-corrected chi connectivity index (χ1v) is 4.79. The Kier molecular flexibility index (Phi) is 11.1. The van der Waals surface area contributed by atoms with Gasteiger partial charge in [-0.2, -0.15) is 0 Å². The molecular weight excluding hydrogens is 207 g/mol. The third-order valence-corrected chi connectivity index (χ3v) is 2.73. The largest absolute Gasteiger partial charge is 0.330 e. The Bertz CT molecular complexity index is 104. The number of nitrogens with two attached hydrogens (primary N) is 1. The van der Waals surface area contributed by atoms with Gasteiger partial charge in [0.05, 0.1) is 0 Å². The molecule has 1 rings (SSSR count). The van der Waals surface area contributed by atoms with E-state index in [2.05, 4.69) is 11.8 Å². The Morgan fingerprint density at radius 2 is 1.77 bits per heavy atom. The standard InChI is InChI=1S/C9H20N2.2ClH/c1-2-11-7-4-9(3-6-10)5-8-11;;/h9H,2-8,10H2,1H3;2*1H. The molecule has 4 heteroatoms. The summed E-state index contributed by atoms with van der Waals surface area (Å²) in [6.45, 7) is 6.91. The van der Waals surface area contributed by atoms with Crippen LogP contribution in [0.1, 0.15) is 26.2 Å². The quantitative estimate of drug-likeness (QED) is 0.801. The molecule has 2 N–H and O–H groups in total. The maximum Gasteiger partial charge on any atom is -0.00162 e. The molecule has 0 atom stereocenters. The van der Waals surface area contributed by atoms with Crippen LogP contribution >= 0.6 is 24.8 Å². The van der Waals surface area contributed by atoms with Crippen molar-refractivity contribution in [3.8, 4) is 0 Å². The average Bonchev–Trinajstić information content (AvgIpc) is 2.07. The van der Waals surface area contributed by atoms with Crippen molar-refractivity contribution in [3.63, 3.8) is 0 Å². The first kappa shape index (κ1) is 15.9. The summed E-state index contributed by atoms with van der Waals surface area (Å²) in [6.07, 6.45) is 3.97. The van der Waals surface area contributed by atoms with E-state index in [9.17, 15) is 0 Å². The third-order valence-electron chi connectivity index (χ3n) is 2.73. The molecule has 0 amide bonds. The summed E-state index contributed by atoms with van der Waals surface area (Å²) in [5.74, 6) is 0.919. The molecule has 0 aromatic heterocycles. The summed E-state index contributed by atoms with van der Waals surface area (Å²) in [7, 11) is 0. The maximum absolute atomic E-state index is 5.51. The lowest BCUT2D eigenvalue weighted by atomic mass is 9.94. The Hall–Kier alpha value is 0.500. The topological polar surface area (TPSA) is 29.3 Å². The Morgan fingerprint density at radius 1 is 1.23 bits per heavy atom. The molecule has 1 fully saturated rings. The zero-order chi connectivity index (χ0) is 8.10. The van der Waals surface area contributed by atoms with E-state index < -0.39 is 0 Å². The molecule has 1 saturated heterocycles. The number of rotatable bonds is 3. The molecule has 0 radical (unpaired) electrons. The van der Waals surface area contributed by atoms with E-state index in [0.717, 1.165) is 12.5 Å². The van der Waals surface area contributed by atoms with Gasteiger partial charge in [-0.1, -0.05) is 6.92 Å². The summed E-state index contributed by atoms with van der Waals surface area (Å²) >= 11 is 0. The molecule has 0 spiro atoms. The van der Waals surface area contributed by atoms with E-state index in [1.165, 1.54) is 38.9 Å². The third kappa shape index (κ3) is 5.74. The van der Waals surface area contributed by atoms with Crippen LogP contribution in [-0.2, 0) is 0 Å². The number of hydrogen-bond donors (Lipinski definition) is 1. The van der Waals surface area contributed by atoms with Crippen LogP contribution < -0.4 is 5.73 Å². The zero-order valence-corrected chi connectivity index (χ0v) is 10.0. The molecule has 2 nitrogen and oxygen atoms in total. The Labute approximate surface area is 94.1 Å². The highest BCUT2D eigenvalue weighted by molar-refractivity contribution is 5.85. The lowest BCUT2D eigenvalue weighted by Gasteiger charge is -2.30. The highest BCUT2D eigenvalue weighted by Crippen LogP contribution is 2.18. The van der Waals surface area contributed by atoms with E-state index in [1.807, 2.05) is 0 Å². The van der Waals surface area contributed by atoms with Gasteiger partial charge in [-0.25, -0.2) is 0 Å². The predicted molar refractivity (Wildman–Crippen MR) is 63.0 cm³/mol. The second kappa shape index (κ2) is 9.07. The Morgan fingerprint density at radius 3 is 2.15 bits per heavy atom. The van der Waals surface area contributed by atoms with Gasteiger partial charge in [0.15, 0.2) is 0 Å². The van der Waals surface area contributed by atoms with Crippen LogP contribution in [0.3, 0.4) is 0 Å². The van der Waals surface area contributed by atoms with E-state index in [0.29, 0.717) is 0 Å². The maximum atomic E-state index is 5.51.